The number of rotatable bonds is 8. The van der Waals surface area contributed by atoms with Crippen molar-refractivity contribution >= 4 is 18.1 Å². The summed E-state index contributed by atoms with van der Waals surface area (Å²) in [7, 11) is 0. The molecule has 1 amide bonds. The minimum Gasteiger partial charge on any atom is -0.484 e. The average Bonchev–Trinajstić information content (AvgIpc) is 2.79. The summed E-state index contributed by atoms with van der Waals surface area (Å²) in [5, 5.41) is 3.93. The fourth-order valence-electron chi connectivity index (χ4n) is 2.89. The van der Waals surface area contributed by atoms with Gasteiger partial charge in [0.2, 0.25) is 0 Å². The Bertz CT molecular complexity index is 1090. The lowest BCUT2D eigenvalue weighted by atomic mass is 10.0. The van der Waals surface area contributed by atoms with Crippen LogP contribution in [-0.4, -0.2) is 24.7 Å². The van der Waals surface area contributed by atoms with Crippen molar-refractivity contribution in [3.63, 3.8) is 0 Å². The number of nitrogens with one attached hydrogen (secondary N) is 1. The number of ether oxygens (including phenoxy) is 2. The number of carbonyl (C=O) groups excluding carboxylic acids is 2. The van der Waals surface area contributed by atoms with Crippen molar-refractivity contribution in [3.8, 4) is 11.5 Å². The molecule has 6 heteroatoms. The Morgan fingerprint density at radius 2 is 1.59 bits per heavy atom. The summed E-state index contributed by atoms with van der Waals surface area (Å²) in [4.78, 5) is 24.2. The minimum absolute atomic E-state index is 0.133. The highest BCUT2D eigenvalue weighted by Gasteiger charge is 2.10. The van der Waals surface area contributed by atoms with Gasteiger partial charge in [0, 0.05) is 0 Å². The second-order valence-corrected chi connectivity index (χ2v) is 7.58. The molecule has 0 spiro atoms. The van der Waals surface area contributed by atoms with Gasteiger partial charge in [0.1, 0.15) is 11.5 Å². The first-order valence-corrected chi connectivity index (χ1v) is 10.3. The SMILES string of the molecule is Cc1ccccc1C(=O)Oc1ccc(/C=N/NC(=O)COc2ccc(C(C)C)cc2)cc1. The van der Waals surface area contributed by atoms with Gasteiger partial charge < -0.3 is 9.47 Å². The summed E-state index contributed by atoms with van der Waals surface area (Å²) < 4.78 is 10.9. The fourth-order valence-corrected chi connectivity index (χ4v) is 2.89. The predicted octanol–water partition coefficient (Wildman–Crippen LogP) is 4.87. The molecule has 32 heavy (non-hydrogen) atoms. The van der Waals surface area contributed by atoms with Crippen LogP contribution in [0.15, 0.2) is 77.9 Å². The zero-order chi connectivity index (χ0) is 22.9. The first kappa shape index (κ1) is 22.7. The number of esters is 1. The van der Waals surface area contributed by atoms with Gasteiger partial charge in [-0.15, -0.1) is 0 Å². The first-order valence-electron chi connectivity index (χ1n) is 10.3. The monoisotopic (exact) mass is 430 g/mol. The molecule has 0 aliphatic heterocycles. The number of hydrogen-bond acceptors (Lipinski definition) is 5. The number of carbonyl (C=O) groups is 2. The maximum absolute atomic E-state index is 12.3. The van der Waals surface area contributed by atoms with Crippen LogP contribution in [0.3, 0.4) is 0 Å². The highest BCUT2D eigenvalue weighted by atomic mass is 16.5. The lowest BCUT2D eigenvalue weighted by molar-refractivity contribution is -0.123. The first-order chi connectivity index (χ1) is 15.4. The third kappa shape index (κ3) is 6.54. The van der Waals surface area contributed by atoms with Crippen molar-refractivity contribution in [2.45, 2.75) is 26.7 Å². The molecule has 3 aromatic carbocycles. The van der Waals surface area contributed by atoms with Gasteiger partial charge in [0.25, 0.3) is 5.91 Å². The van der Waals surface area contributed by atoms with Crippen LogP contribution in [0.5, 0.6) is 11.5 Å². The molecule has 0 atom stereocenters. The normalized spacial score (nSPS) is 10.9. The Balaban J connectivity index is 1.45. The molecule has 0 aromatic heterocycles. The Morgan fingerprint density at radius 3 is 2.25 bits per heavy atom. The van der Waals surface area contributed by atoms with Crippen LogP contribution in [0.4, 0.5) is 0 Å². The summed E-state index contributed by atoms with van der Waals surface area (Å²) in [5.41, 5.74) is 5.76. The van der Waals surface area contributed by atoms with Crippen molar-refractivity contribution in [2.75, 3.05) is 6.61 Å². The Morgan fingerprint density at radius 1 is 0.938 bits per heavy atom. The van der Waals surface area contributed by atoms with Crippen LogP contribution in [0.25, 0.3) is 0 Å². The minimum atomic E-state index is -0.407. The summed E-state index contributed by atoms with van der Waals surface area (Å²) in [5.74, 6) is 0.727. The summed E-state index contributed by atoms with van der Waals surface area (Å²) >= 11 is 0. The molecule has 6 nitrogen and oxygen atoms in total. The molecule has 0 aliphatic rings. The van der Waals surface area contributed by atoms with E-state index >= 15 is 0 Å². The quantitative estimate of drug-likeness (QED) is 0.239. The number of nitrogens with zero attached hydrogens (tertiary/aromatic N) is 1. The summed E-state index contributed by atoms with van der Waals surface area (Å²) in [6.45, 7) is 5.96. The number of hydrogen-bond donors (Lipinski definition) is 1. The summed E-state index contributed by atoms with van der Waals surface area (Å²) in [6, 6.07) is 21.7. The van der Waals surface area contributed by atoms with E-state index in [1.54, 1.807) is 36.4 Å². The van der Waals surface area contributed by atoms with E-state index in [9.17, 15) is 9.59 Å². The van der Waals surface area contributed by atoms with E-state index in [4.69, 9.17) is 9.47 Å². The Hall–Kier alpha value is -3.93. The number of hydrazone groups is 1. The van der Waals surface area contributed by atoms with Crippen LogP contribution in [-0.2, 0) is 4.79 Å². The Labute approximate surface area is 187 Å². The molecule has 0 heterocycles. The summed E-state index contributed by atoms with van der Waals surface area (Å²) in [6.07, 6.45) is 1.50. The topological polar surface area (TPSA) is 77.0 Å². The molecule has 164 valence electrons. The molecule has 3 rings (SSSR count). The molecule has 0 aliphatic carbocycles. The van der Waals surface area contributed by atoms with Crippen LogP contribution in [0.2, 0.25) is 0 Å². The molecule has 0 saturated carbocycles. The van der Waals surface area contributed by atoms with Crippen LogP contribution < -0.4 is 14.9 Å². The van der Waals surface area contributed by atoms with E-state index in [1.807, 2.05) is 43.3 Å². The molecule has 0 fully saturated rings. The van der Waals surface area contributed by atoms with Gasteiger partial charge in [-0.05, 0) is 72.0 Å². The van der Waals surface area contributed by atoms with Gasteiger partial charge in [0.15, 0.2) is 6.61 Å². The molecule has 0 unspecified atom stereocenters. The van der Waals surface area contributed by atoms with Gasteiger partial charge in [-0.25, -0.2) is 10.2 Å². The Kier molecular flexibility index (Phi) is 7.75. The number of amides is 1. The van der Waals surface area contributed by atoms with E-state index in [1.165, 1.54) is 11.8 Å². The average molecular weight is 431 g/mol. The van der Waals surface area contributed by atoms with Crippen molar-refractivity contribution < 1.29 is 19.1 Å². The molecular formula is C26H26N2O4. The zero-order valence-corrected chi connectivity index (χ0v) is 18.4. The van der Waals surface area contributed by atoms with Crippen molar-refractivity contribution in [1.29, 1.82) is 0 Å². The van der Waals surface area contributed by atoms with E-state index in [2.05, 4.69) is 24.4 Å². The largest absolute Gasteiger partial charge is 0.484 e. The van der Waals surface area contributed by atoms with Gasteiger partial charge in [-0.2, -0.15) is 5.10 Å². The highest BCUT2D eigenvalue weighted by Crippen LogP contribution is 2.18. The molecule has 3 aromatic rings. The maximum Gasteiger partial charge on any atom is 0.343 e. The fraction of sp³-hybridized carbons (Fsp3) is 0.192. The van der Waals surface area contributed by atoms with E-state index < -0.39 is 5.97 Å². The molecule has 1 N–H and O–H groups in total. The van der Waals surface area contributed by atoms with Gasteiger partial charge in [-0.3, -0.25) is 4.79 Å². The van der Waals surface area contributed by atoms with Crippen LogP contribution in [0.1, 0.15) is 46.8 Å². The molecule has 0 saturated heterocycles. The molecule has 0 bridgehead atoms. The smallest absolute Gasteiger partial charge is 0.343 e. The van der Waals surface area contributed by atoms with Gasteiger partial charge in [-0.1, -0.05) is 44.2 Å². The van der Waals surface area contributed by atoms with Gasteiger partial charge >= 0.3 is 5.97 Å². The third-order valence-corrected chi connectivity index (χ3v) is 4.78. The van der Waals surface area contributed by atoms with E-state index in [0.29, 0.717) is 23.0 Å². The van der Waals surface area contributed by atoms with Crippen LogP contribution in [0, 0.1) is 6.92 Å². The van der Waals surface area contributed by atoms with Crippen molar-refractivity contribution in [3.05, 3.63) is 95.1 Å². The van der Waals surface area contributed by atoms with Crippen molar-refractivity contribution in [1.82, 2.24) is 5.43 Å². The van der Waals surface area contributed by atoms with Gasteiger partial charge in [0.05, 0.1) is 11.8 Å². The standard InChI is InChI=1S/C26H26N2O4/c1-18(2)21-10-14-22(15-11-21)31-17-25(29)28-27-16-20-8-12-23(13-9-20)32-26(30)24-7-5-4-6-19(24)3/h4-16,18H,17H2,1-3H3,(H,28,29)/b27-16+. The molecule has 0 radical (unpaired) electrons. The lowest BCUT2D eigenvalue weighted by Crippen LogP contribution is -2.24. The van der Waals surface area contributed by atoms with Crippen LogP contribution >= 0.6 is 0 Å². The zero-order valence-electron chi connectivity index (χ0n) is 18.4. The lowest BCUT2D eigenvalue weighted by Gasteiger charge is -2.08. The maximum atomic E-state index is 12.3. The van der Waals surface area contributed by atoms with Crippen molar-refractivity contribution in [2.24, 2.45) is 5.10 Å². The second kappa shape index (κ2) is 10.9. The highest BCUT2D eigenvalue weighted by molar-refractivity contribution is 5.92. The number of benzene rings is 3. The predicted molar refractivity (Wildman–Crippen MR) is 124 cm³/mol. The third-order valence-electron chi connectivity index (χ3n) is 4.78. The number of aryl methyl sites for hydroxylation is 1. The molecular weight excluding hydrogens is 404 g/mol. The van der Waals surface area contributed by atoms with E-state index in [-0.39, 0.29) is 12.5 Å². The van der Waals surface area contributed by atoms with E-state index in [0.717, 1.165) is 11.1 Å². The second-order valence-electron chi connectivity index (χ2n) is 7.58.